The molecule has 0 fully saturated rings. The van der Waals surface area contributed by atoms with Gasteiger partial charge in [0.05, 0.1) is 13.2 Å². The molecule has 0 saturated heterocycles. The van der Waals surface area contributed by atoms with E-state index in [0.29, 0.717) is 0 Å². The maximum absolute atomic E-state index is 9.02. The van der Waals surface area contributed by atoms with Crippen molar-refractivity contribution >= 4 is 0 Å². The van der Waals surface area contributed by atoms with Crippen molar-refractivity contribution in [1.29, 1.82) is 0 Å². The average molecular weight is 161 g/mol. The largest absolute Gasteiger partial charge is 0.396 e. The Hall–Kier alpha value is -0.120. The lowest BCUT2D eigenvalue weighted by atomic mass is 9.83. The summed E-state index contributed by atoms with van der Waals surface area (Å²) in [5.41, 5.74) is -0.275. The second-order valence-corrected chi connectivity index (χ2v) is 3.02. The predicted molar refractivity (Wildman–Crippen MR) is 45.4 cm³/mol. The Morgan fingerprint density at radius 1 is 1.27 bits per heavy atom. The Bertz CT molecular complexity index is 83.8. The van der Waals surface area contributed by atoms with Gasteiger partial charge in [0.25, 0.3) is 0 Å². The lowest BCUT2D eigenvalue weighted by Crippen LogP contribution is -2.32. The van der Waals surface area contributed by atoms with Crippen molar-refractivity contribution in [3.05, 3.63) is 0 Å². The molecule has 3 N–H and O–H groups in total. The monoisotopic (exact) mass is 161 g/mol. The highest BCUT2D eigenvalue weighted by molar-refractivity contribution is 4.76. The first kappa shape index (κ1) is 10.9. The van der Waals surface area contributed by atoms with E-state index in [1.54, 1.807) is 0 Å². The van der Waals surface area contributed by atoms with Crippen molar-refractivity contribution in [2.45, 2.75) is 19.8 Å². The summed E-state index contributed by atoms with van der Waals surface area (Å²) in [5.74, 6) is 0. The summed E-state index contributed by atoms with van der Waals surface area (Å²) in [4.78, 5) is 0. The van der Waals surface area contributed by atoms with Crippen LogP contribution in [0.15, 0.2) is 0 Å². The summed E-state index contributed by atoms with van der Waals surface area (Å²) in [5, 5.41) is 21.0. The Labute approximate surface area is 68.4 Å². The molecule has 3 nitrogen and oxygen atoms in total. The summed E-state index contributed by atoms with van der Waals surface area (Å²) in [6, 6.07) is 0. The molecule has 0 aliphatic carbocycles. The molecule has 0 amide bonds. The van der Waals surface area contributed by atoms with Crippen LogP contribution < -0.4 is 5.32 Å². The summed E-state index contributed by atoms with van der Waals surface area (Å²) >= 11 is 0. The number of aliphatic hydroxyl groups excluding tert-OH is 2. The van der Waals surface area contributed by atoms with Gasteiger partial charge >= 0.3 is 0 Å². The van der Waals surface area contributed by atoms with Crippen LogP contribution >= 0.6 is 0 Å². The third-order valence-electron chi connectivity index (χ3n) is 2.33. The van der Waals surface area contributed by atoms with Gasteiger partial charge in [-0.05, 0) is 26.4 Å². The first-order chi connectivity index (χ1) is 5.24. The van der Waals surface area contributed by atoms with Gasteiger partial charge in [-0.15, -0.1) is 0 Å². The van der Waals surface area contributed by atoms with Gasteiger partial charge in [-0.25, -0.2) is 0 Å². The SMILES string of the molecule is CCC(CO)(CO)CCNC. The molecule has 11 heavy (non-hydrogen) atoms. The van der Waals surface area contributed by atoms with Crippen LogP contribution in [0, 0.1) is 5.41 Å². The second-order valence-electron chi connectivity index (χ2n) is 3.02. The van der Waals surface area contributed by atoms with Gasteiger partial charge < -0.3 is 15.5 Å². The van der Waals surface area contributed by atoms with Gasteiger partial charge in [-0.1, -0.05) is 6.92 Å². The molecule has 0 radical (unpaired) electrons. The van der Waals surface area contributed by atoms with E-state index in [0.717, 1.165) is 19.4 Å². The summed E-state index contributed by atoms with van der Waals surface area (Å²) in [6.07, 6.45) is 1.65. The van der Waals surface area contributed by atoms with Crippen LogP contribution in [0.5, 0.6) is 0 Å². The topological polar surface area (TPSA) is 52.5 Å². The molecule has 0 aromatic carbocycles. The van der Waals surface area contributed by atoms with E-state index in [-0.39, 0.29) is 18.6 Å². The fourth-order valence-corrected chi connectivity index (χ4v) is 0.999. The van der Waals surface area contributed by atoms with Crippen LogP contribution in [-0.4, -0.2) is 37.0 Å². The third kappa shape index (κ3) is 3.18. The summed E-state index contributed by atoms with van der Waals surface area (Å²) < 4.78 is 0. The highest BCUT2D eigenvalue weighted by Gasteiger charge is 2.25. The number of hydrogen-bond donors (Lipinski definition) is 3. The molecular formula is C8H19NO2. The lowest BCUT2D eigenvalue weighted by Gasteiger charge is -2.27. The van der Waals surface area contributed by atoms with Crippen LogP contribution in [0.1, 0.15) is 19.8 Å². The van der Waals surface area contributed by atoms with Crippen molar-refractivity contribution in [1.82, 2.24) is 5.32 Å². The van der Waals surface area contributed by atoms with E-state index in [1.807, 2.05) is 14.0 Å². The van der Waals surface area contributed by atoms with Crippen LogP contribution in [0.2, 0.25) is 0 Å². The first-order valence-corrected chi connectivity index (χ1v) is 4.11. The smallest absolute Gasteiger partial charge is 0.0509 e. The number of rotatable bonds is 6. The number of nitrogens with one attached hydrogen (secondary N) is 1. The Balaban J connectivity index is 3.84. The van der Waals surface area contributed by atoms with Gasteiger partial charge in [-0.2, -0.15) is 0 Å². The maximum Gasteiger partial charge on any atom is 0.0509 e. The van der Waals surface area contributed by atoms with Crippen molar-refractivity contribution < 1.29 is 10.2 Å². The molecule has 0 aromatic heterocycles. The van der Waals surface area contributed by atoms with Crippen molar-refractivity contribution in [3.63, 3.8) is 0 Å². The van der Waals surface area contributed by atoms with Crippen molar-refractivity contribution in [3.8, 4) is 0 Å². The summed E-state index contributed by atoms with van der Waals surface area (Å²) in [6.45, 7) is 2.97. The Morgan fingerprint density at radius 3 is 2.09 bits per heavy atom. The molecule has 0 aliphatic heterocycles. The molecule has 0 spiro atoms. The fraction of sp³-hybridized carbons (Fsp3) is 1.00. The second kappa shape index (κ2) is 5.52. The quantitative estimate of drug-likeness (QED) is 0.513. The normalized spacial score (nSPS) is 12.0. The minimum absolute atomic E-state index is 0.0711. The molecule has 68 valence electrons. The minimum atomic E-state index is -0.275. The zero-order valence-electron chi connectivity index (χ0n) is 7.43. The molecular weight excluding hydrogens is 142 g/mol. The Morgan fingerprint density at radius 2 is 1.82 bits per heavy atom. The van der Waals surface area contributed by atoms with E-state index in [9.17, 15) is 0 Å². The Kier molecular flexibility index (Phi) is 5.46. The molecule has 0 bridgehead atoms. The number of aliphatic hydroxyl groups is 2. The van der Waals surface area contributed by atoms with Crippen LogP contribution in [0.3, 0.4) is 0 Å². The van der Waals surface area contributed by atoms with Crippen LogP contribution in [-0.2, 0) is 0 Å². The highest BCUT2D eigenvalue weighted by Crippen LogP contribution is 2.23. The van der Waals surface area contributed by atoms with Gasteiger partial charge in [0.2, 0.25) is 0 Å². The van der Waals surface area contributed by atoms with E-state index in [1.165, 1.54) is 0 Å². The molecule has 0 rings (SSSR count). The maximum atomic E-state index is 9.02. The molecule has 0 saturated carbocycles. The van der Waals surface area contributed by atoms with E-state index >= 15 is 0 Å². The van der Waals surface area contributed by atoms with Gasteiger partial charge in [0.15, 0.2) is 0 Å². The average Bonchev–Trinajstić information content (AvgIpc) is 2.08. The van der Waals surface area contributed by atoms with Crippen LogP contribution in [0.25, 0.3) is 0 Å². The molecule has 0 aliphatic rings. The molecule has 0 atom stereocenters. The van der Waals surface area contributed by atoms with Crippen molar-refractivity contribution in [2.24, 2.45) is 5.41 Å². The van der Waals surface area contributed by atoms with Gasteiger partial charge in [-0.3, -0.25) is 0 Å². The molecule has 3 heteroatoms. The minimum Gasteiger partial charge on any atom is -0.396 e. The van der Waals surface area contributed by atoms with Crippen molar-refractivity contribution in [2.75, 3.05) is 26.8 Å². The molecule has 0 heterocycles. The lowest BCUT2D eigenvalue weighted by molar-refractivity contribution is 0.0445. The number of hydrogen-bond acceptors (Lipinski definition) is 3. The molecule has 0 unspecified atom stereocenters. The third-order valence-corrected chi connectivity index (χ3v) is 2.33. The van der Waals surface area contributed by atoms with Gasteiger partial charge in [0.1, 0.15) is 0 Å². The van der Waals surface area contributed by atoms with Gasteiger partial charge in [0, 0.05) is 5.41 Å². The van der Waals surface area contributed by atoms with Crippen LogP contribution in [0.4, 0.5) is 0 Å². The first-order valence-electron chi connectivity index (χ1n) is 4.11. The zero-order valence-corrected chi connectivity index (χ0v) is 7.43. The van der Waals surface area contributed by atoms with E-state index in [4.69, 9.17) is 10.2 Å². The predicted octanol–water partition coefficient (Wildman–Crippen LogP) is -0.0231. The fourth-order valence-electron chi connectivity index (χ4n) is 0.999. The van der Waals surface area contributed by atoms with E-state index < -0.39 is 0 Å². The van der Waals surface area contributed by atoms with E-state index in [2.05, 4.69) is 5.32 Å². The summed E-state index contributed by atoms with van der Waals surface area (Å²) in [7, 11) is 1.87. The standard InChI is InChI=1S/C8H19NO2/c1-3-8(6-10,7-11)4-5-9-2/h9-11H,3-7H2,1-2H3. The molecule has 0 aromatic rings. The zero-order chi connectivity index (χ0) is 8.74. The highest BCUT2D eigenvalue weighted by atomic mass is 16.3.